The molecule has 0 spiro atoms. The Morgan fingerprint density at radius 1 is 1.31 bits per heavy atom. The molecule has 0 N–H and O–H groups in total. The molecule has 1 fully saturated rings. The van der Waals surface area contributed by atoms with Gasteiger partial charge in [-0.25, -0.2) is 8.42 Å². The van der Waals surface area contributed by atoms with Gasteiger partial charge in [-0.15, -0.1) is 5.10 Å². The van der Waals surface area contributed by atoms with E-state index in [0.717, 1.165) is 30.6 Å². The van der Waals surface area contributed by atoms with Gasteiger partial charge in [-0.2, -0.15) is 0 Å². The summed E-state index contributed by atoms with van der Waals surface area (Å²) >= 11 is 0.887. The molecule has 10 heteroatoms. The van der Waals surface area contributed by atoms with Crippen LogP contribution in [0.15, 0.2) is 22.4 Å². The molecule has 2 aromatic rings. The molecule has 1 atom stereocenters. The van der Waals surface area contributed by atoms with Crippen LogP contribution in [0.3, 0.4) is 0 Å². The number of carbonyl (C=O) groups excluding carboxylic acids is 1. The van der Waals surface area contributed by atoms with E-state index in [0.29, 0.717) is 35.8 Å². The number of aromatic nitrogens is 2. The number of sulfone groups is 1. The van der Waals surface area contributed by atoms with E-state index in [9.17, 15) is 13.2 Å². The maximum Gasteiger partial charge on any atom is 0.254 e. The number of benzene rings is 1. The van der Waals surface area contributed by atoms with Crippen molar-refractivity contribution in [3.63, 3.8) is 0 Å². The van der Waals surface area contributed by atoms with Crippen LogP contribution in [0.1, 0.15) is 34.8 Å². The van der Waals surface area contributed by atoms with Gasteiger partial charge in [-0.3, -0.25) is 4.79 Å². The van der Waals surface area contributed by atoms with Crippen molar-refractivity contribution >= 4 is 27.3 Å². The van der Waals surface area contributed by atoms with Gasteiger partial charge in [0.1, 0.15) is 0 Å². The molecule has 1 amide bonds. The first kappa shape index (κ1) is 17.2. The monoisotopic (exact) mass is 395 g/mol. The second kappa shape index (κ2) is 6.51. The lowest BCUT2D eigenvalue weighted by atomic mass is 9.95. The summed E-state index contributed by atoms with van der Waals surface area (Å²) in [6, 6.07) is 5.12. The summed E-state index contributed by atoms with van der Waals surface area (Å²) in [6.45, 7) is 1.20. The topological polar surface area (TPSA) is 98.7 Å². The molecular weight excluding hydrogens is 378 g/mol. The quantitative estimate of drug-likeness (QED) is 0.780. The fourth-order valence-electron chi connectivity index (χ4n) is 3.29. The zero-order chi connectivity index (χ0) is 18.3. The van der Waals surface area contributed by atoms with Gasteiger partial charge in [-0.1, -0.05) is 4.49 Å². The van der Waals surface area contributed by atoms with Crippen molar-refractivity contribution < 1.29 is 22.7 Å². The Morgan fingerprint density at radius 3 is 2.92 bits per heavy atom. The first-order valence-corrected chi connectivity index (χ1v) is 10.8. The Kier molecular flexibility index (Phi) is 4.31. The standard InChI is InChI=1S/C16H17N3O5S2/c1-26(21,22)16-14(17-18-25-16)11-3-2-6-19(8-11)15(20)10-4-5-12-13(7-10)24-9-23-12/h4-5,7,11H,2-3,6,8-9H2,1H3/t11-/m0/s1. The Morgan fingerprint density at radius 2 is 2.12 bits per heavy atom. The highest BCUT2D eigenvalue weighted by atomic mass is 32.2. The molecule has 0 aliphatic carbocycles. The first-order chi connectivity index (χ1) is 12.4. The Labute approximate surface area is 154 Å². The van der Waals surface area contributed by atoms with Gasteiger partial charge in [0.05, 0.1) is 5.69 Å². The Bertz CT molecular complexity index is 957. The van der Waals surface area contributed by atoms with Crippen molar-refractivity contribution in [2.75, 3.05) is 26.1 Å². The predicted octanol–water partition coefficient (Wildman–Crippen LogP) is 1.69. The number of amides is 1. The van der Waals surface area contributed by atoms with Crippen LogP contribution in [-0.4, -0.2) is 55.0 Å². The normalized spacial score (nSPS) is 19.6. The predicted molar refractivity (Wildman–Crippen MR) is 93.5 cm³/mol. The number of piperidine rings is 1. The van der Waals surface area contributed by atoms with Crippen LogP contribution in [-0.2, 0) is 9.84 Å². The number of fused-ring (bicyclic) bond motifs is 1. The molecule has 26 heavy (non-hydrogen) atoms. The molecule has 0 saturated carbocycles. The average Bonchev–Trinajstić information content (AvgIpc) is 3.29. The summed E-state index contributed by atoms with van der Waals surface area (Å²) in [7, 11) is -3.38. The lowest BCUT2D eigenvalue weighted by Gasteiger charge is -2.32. The summed E-state index contributed by atoms with van der Waals surface area (Å²) in [5.74, 6) is 0.944. The SMILES string of the molecule is CS(=O)(=O)c1snnc1[C@H]1CCCN(C(=O)c2ccc3c(c2)OCO3)C1. The van der Waals surface area contributed by atoms with Crippen LogP contribution < -0.4 is 9.47 Å². The van der Waals surface area contributed by atoms with Crippen molar-refractivity contribution in [1.82, 2.24) is 14.5 Å². The van der Waals surface area contributed by atoms with E-state index in [1.165, 1.54) is 0 Å². The minimum Gasteiger partial charge on any atom is -0.454 e. The molecule has 8 nitrogen and oxygen atoms in total. The number of likely N-dealkylation sites (tertiary alicyclic amines) is 1. The van der Waals surface area contributed by atoms with Gasteiger partial charge >= 0.3 is 0 Å². The number of carbonyl (C=O) groups is 1. The molecule has 0 unspecified atom stereocenters. The third kappa shape index (κ3) is 3.14. The number of rotatable bonds is 3. The average molecular weight is 395 g/mol. The van der Waals surface area contributed by atoms with Gasteiger partial charge in [-0.05, 0) is 31.0 Å². The fourth-order valence-corrected chi connectivity index (χ4v) is 5.02. The molecular formula is C16H17N3O5S2. The van der Waals surface area contributed by atoms with E-state index >= 15 is 0 Å². The maximum absolute atomic E-state index is 12.9. The van der Waals surface area contributed by atoms with E-state index in [4.69, 9.17) is 9.47 Å². The smallest absolute Gasteiger partial charge is 0.254 e. The lowest BCUT2D eigenvalue weighted by molar-refractivity contribution is 0.0704. The van der Waals surface area contributed by atoms with Crippen molar-refractivity contribution in [3.8, 4) is 11.5 Å². The molecule has 0 bridgehead atoms. The van der Waals surface area contributed by atoms with E-state index in [2.05, 4.69) is 9.59 Å². The van der Waals surface area contributed by atoms with Crippen LogP contribution in [0.2, 0.25) is 0 Å². The lowest BCUT2D eigenvalue weighted by Crippen LogP contribution is -2.39. The third-order valence-electron chi connectivity index (χ3n) is 4.53. The van der Waals surface area contributed by atoms with E-state index in [-0.39, 0.29) is 22.8 Å². The van der Waals surface area contributed by atoms with Gasteiger partial charge in [0.15, 0.2) is 25.5 Å². The van der Waals surface area contributed by atoms with Crippen molar-refractivity contribution in [1.29, 1.82) is 0 Å². The maximum atomic E-state index is 12.9. The van der Waals surface area contributed by atoms with Crippen LogP contribution in [0.25, 0.3) is 0 Å². The molecule has 2 aliphatic rings. The van der Waals surface area contributed by atoms with Gasteiger partial charge in [0.25, 0.3) is 5.91 Å². The van der Waals surface area contributed by atoms with Gasteiger partial charge < -0.3 is 14.4 Å². The number of ether oxygens (including phenoxy) is 2. The molecule has 138 valence electrons. The van der Waals surface area contributed by atoms with Crippen molar-refractivity contribution in [3.05, 3.63) is 29.5 Å². The molecule has 4 rings (SSSR count). The summed E-state index contributed by atoms with van der Waals surface area (Å²) in [4.78, 5) is 14.6. The Hall–Kier alpha value is -2.20. The van der Waals surface area contributed by atoms with E-state index in [1.807, 2.05) is 0 Å². The Balaban J connectivity index is 1.56. The summed E-state index contributed by atoms with van der Waals surface area (Å²) in [5, 5.41) is 4.03. The molecule has 1 aromatic heterocycles. The largest absolute Gasteiger partial charge is 0.454 e. The van der Waals surface area contributed by atoms with Crippen LogP contribution in [0.4, 0.5) is 0 Å². The van der Waals surface area contributed by atoms with Gasteiger partial charge in [0, 0.05) is 42.4 Å². The number of hydrogen-bond donors (Lipinski definition) is 0. The molecule has 1 aromatic carbocycles. The van der Waals surface area contributed by atoms with Crippen LogP contribution in [0.5, 0.6) is 11.5 Å². The molecule has 0 radical (unpaired) electrons. The van der Waals surface area contributed by atoms with Gasteiger partial charge in [0.2, 0.25) is 6.79 Å². The zero-order valence-electron chi connectivity index (χ0n) is 14.0. The third-order valence-corrected chi connectivity index (χ3v) is 7.09. The summed E-state index contributed by atoms with van der Waals surface area (Å²) in [5.41, 5.74) is 0.996. The highest BCUT2D eigenvalue weighted by Crippen LogP contribution is 2.35. The van der Waals surface area contributed by atoms with Crippen molar-refractivity contribution in [2.24, 2.45) is 0 Å². The first-order valence-electron chi connectivity index (χ1n) is 8.15. The second-order valence-corrected chi connectivity index (χ2v) is 9.34. The molecule has 1 saturated heterocycles. The molecule has 3 heterocycles. The highest BCUT2D eigenvalue weighted by Gasteiger charge is 2.31. The van der Waals surface area contributed by atoms with Crippen LogP contribution in [0, 0.1) is 0 Å². The van der Waals surface area contributed by atoms with Crippen molar-refractivity contribution in [2.45, 2.75) is 23.0 Å². The zero-order valence-corrected chi connectivity index (χ0v) is 15.7. The second-order valence-electron chi connectivity index (χ2n) is 6.38. The summed E-state index contributed by atoms with van der Waals surface area (Å²) < 4.78 is 38.5. The number of hydrogen-bond acceptors (Lipinski definition) is 8. The minimum atomic E-state index is -3.38. The molecule has 2 aliphatic heterocycles. The van der Waals surface area contributed by atoms with E-state index < -0.39 is 9.84 Å². The van der Waals surface area contributed by atoms with Crippen LogP contribution >= 0.6 is 11.5 Å². The minimum absolute atomic E-state index is 0.114. The highest BCUT2D eigenvalue weighted by molar-refractivity contribution is 7.92. The number of nitrogens with zero attached hydrogens (tertiary/aromatic N) is 3. The summed E-state index contributed by atoms with van der Waals surface area (Å²) in [6.07, 6.45) is 2.71. The fraction of sp³-hybridized carbons (Fsp3) is 0.438. The van der Waals surface area contributed by atoms with E-state index in [1.54, 1.807) is 23.1 Å².